The molecule has 1 aliphatic rings. The molecule has 1 atom stereocenters. The Labute approximate surface area is 107 Å². The Bertz CT molecular complexity index is 364. The second kappa shape index (κ2) is 6.12. The van der Waals surface area contributed by atoms with Gasteiger partial charge in [-0.05, 0) is 44.0 Å². The quantitative estimate of drug-likeness (QED) is 0.867. The van der Waals surface area contributed by atoms with Gasteiger partial charge in [-0.2, -0.15) is 0 Å². The number of para-hydroxylation sites is 1. The van der Waals surface area contributed by atoms with E-state index in [0.717, 1.165) is 31.1 Å². The van der Waals surface area contributed by atoms with E-state index in [0.29, 0.717) is 10.9 Å². The van der Waals surface area contributed by atoms with Crippen LogP contribution in [-0.2, 0) is 0 Å². The molecule has 0 aliphatic carbocycles. The predicted octanol–water partition coefficient (Wildman–Crippen LogP) is 2.76. The van der Waals surface area contributed by atoms with Crippen LogP contribution in [0.5, 0.6) is 5.75 Å². The Balaban J connectivity index is 1.95. The van der Waals surface area contributed by atoms with Crippen molar-refractivity contribution in [3.8, 4) is 5.75 Å². The molecule has 1 heterocycles. The van der Waals surface area contributed by atoms with E-state index in [-0.39, 0.29) is 0 Å². The number of benzene rings is 1. The van der Waals surface area contributed by atoms with Gasteiger partial charge in [0.1, 0.15) is 0 Å². The lowest BCUT2D eigenvalue weighted by Gasteiger charge is -2.24. The summed E-state index contributed by atoms with van der Waals surface area (Å²) in [5.74, 6) is 1.42. The summed E-state index contributed by atoms with van der Waals surface area (Å²) >= 11 is 6.07. The molecule has 2 rings (SSSR count). The van der Waals surface area contributed by atoms with Crippen molar-refractivity contribution in [3.63, 3.8) is 0 Å². The highest BCUT2D eigenvalue weighted by Crippen LogP contribution is 2.32. The predicted molar refractivity (Wildman–Crippen MR) is 72.1 cm³/mol. The standard InChI is InChI=1S/C13H19ClN2O/c1-17-13-11(14)5-2-6-12(13)16-9-10-4-3-7-15-8-10/h2,5-6,10,15-16H,3-4,7-9H2,1H3. The van der Waals surface area contributed by atoms with Gasteiger partial charge >= 0.3 is 0 Å². The van der Waals surface area contributed by atoms with Crippen molar-refractivity contribution in [2.75, 3.05) is 32.1 Å². The van der Waals surface area contributed by atoms with E-state index in [4.69, 9.17) is 16.3 Å². The first kappa shape index (κ1) is 12.5. The molecule has 3 nitrogen and oxygen atoms in total. The summed E-state index contributed by atoms with van der Waals surface area (Å²) in [6.07, 6.45) is 2.54. The number of halogens is 1. The number of methoxy groups -OCH3 is 1. The smallest absolute Gasteiger partial charge is 0.160 e. The summed E-state index contributed by atoms with van der Waals surface area (Å²) in [5, 5.41) is 7.49. The normalized spacial score (nSPS) is 20.0. The summed E-state index contributed by atoms with van der Waals surface area (Å²) in [5.41, 5.74) is 0.977. The molecule has 1 aliphatic heterocycles. The Kier molecular flexibility index (Phi) is 4.51. The van der Waals surface area contributed by atoms with Gasteiger partial charge < -0.3 is 15.4 Å². The van der Waals surface area contributed by atoms with E-state index in [2.05, 4.69) is 10.6 Å². The van der Waals surface area contributed by atoms with Gasteiger partial charge in [-0.3, -0.25) is 0 Å². The van der Waals surface area contributed by atoms with E-state index < -0.39 is 0 Å². The van der Waals surface area contributed by atoms with E-state index in [1.54, 1.807) is 7.11 Å². The van der Waals surface area contributed by atoms with Crippen molar-refractivity contribution in [2.24, 2.45) is 5.92 Å². The zero-order chi connectivity index (χ0) is 12.1. The molecule has 0 bridgehead atoms. The van der Waals surface area contributed by atoms with Gasteiger partial charge in [-0.15, -0.1) is 0 Å². The number of rotatable bonds is 4. The molecule has 1 saturated heterocycles. The molecule has 0 saturated carbocycles. The third kappa shape index (κ3) is 3.27. The molecule has 1 fully saturated rings. The molecule has 0 radical (unpaired) electrons. The highest BCUT2D eigenvalue weighted by atomic mass is 35.5. The van der Waals surface area contributed by atoms with Gasteiger partial charge in [0.2, 0.25) is 0 Å². The molecule has 2 N–H and O–H groups in total. The van der Waals surface area contributed by atoms with Crippen LogP contribution in [0.25, 0.3) is 0 Å². The van der Waals surface area contributed by atoms with Crippen molar-refractivity contribution in [3.05, 3.63) is 23.2 Å². The van der Waals surface area contributed by atoms with E-state index in [1.807, 2.05) is 18.2 Å². The largest absolute Gasteiger partial charge is 0.493 e. The maximum absolute atomic E-state index is 6.07. The topological polar surface area (TPSA) is 33.3 Å². The molecule has 1 aromatic rings. The Morgan fingerprint density at radius 3 is 3.12 bits per heavy atom. The lowest BCUT2D eigenvalue weighted by Crippen LogP contribution is -2.33. The fraction of sp³-hybridized carbons (Fsp3) is 0.538. The van der Waals surface area contributed by atoms with Crippen molar-refractivity contribution >= 4 is 17.3 Å². The van der Waals surface area contributed by atoms with Crippen LogP contribution in [0.4, 0.5) is 5.69 Å². The first-order valence-corrected chi connectivity index (χ1v) is 6.46. The van der Waals surface area contributed by atoms with E-state index >= 15 is 0 Å². The summed E-state index contributed by atoms with van der Waals surface area (Å²) in [4.78, 5) is 0. The van der Waals surface area contributed by atoms with Crippen LogP contribution in [0.3, 0.4) is 0 Å². The van der Waals surface area contributed by atoms with Crippen LogP contribution in [0, 0.1) is 5.92 Å². The zero-order valence-corrected chi connectivity index (χ0v) is 10.9. The summed E-state index contributed by atoms with van der Waals surface area (Å²) in [6.45, 7) is 3.20. The number of ether oxygens (including phenoxy) is 1. The molecular weight excluding hydrogens is 236 g/mol. The minimum absolute atomic E-state index is 0.652. The fourth-order valence-electron chi connectivity index (χ4n) is 2.21. The highest BCUT2D eigenvalue weighted by Gasteiger charge is 2.14. The molecule has 1 unspecified atom stereocenters. The van der Waals surface area contributed by atoms with Crippen LogP contribution < -0.4 is 15.4 Å². The van der Waals surface area contributed by atoms with Crippen LogP contribution in [-0.4, -0.2) is 26.7 Å². The molecule has 17 heavy (non-hydrogen) atoms. The fourth-order valence-corrected chi connectivity index (χ4v) is 2.46. The summed E-state index contributed by atoms with van der Waals surface area (Å²) in [7, 11) is 1.65. The van der Waals surface area contributed by atoms with Gasteiger partial charge in [-0.25, -0.2) is 0 Å². The molecule has 4 heteroatoms. The Morgan fingerprint density at radius 1 is 1.53 bits per heavy atom. The van der Waals surface area contributed by atoms with Crippen LogP contribution in [0.15, 0.2) is 18.2 Å². The monoisotopic (exact) mass is 254 g/mol. The van der Waals surface area contributed by atoms with Crippen molar-refractivity contribution < 1.29 is 4.74 Å². The first-order chi connectivity index (χ1) is 8.31. The number of hydrogen-bond donors (Lipinski definition) is 2. The first-order valence-electron chi connectivity index (χ1n) is 6.08. The lowest BCUT2D eigenvalue weighted by atomic mass is 10.00. The highest BCUT2D eigenvalue weighted by molar-refractivity contribution is 6.32. The zero-order valence-electron chi connectivity index (χ0n) is 10.1. The third-order valence-corrected chi connectivity index (χ3v) is 3.45. The molecule has 0 amide bonds. The molecule has 0 aromatic heterocycles. The van der Waals surface area contributed by atoms with E-state index in [9.17, 15) is 0 Å². The van der Waals surface area contributed by atoms with Crippen LogP contribution in [0.2, 0.25) is 5.02 Å². The second-order valence-electron chi connectivity index (χ2n) is 4.41. The summed E-state index contributed by atoms with van der Waals surface area (Å²) in [6, 6.07) is 5.78. The minimum Gasteiger partial charge on any atom is -0.493 e. The third-order valence-electron chi connectivity index (χ3n) is 3.15. The molecule has 94 valence electrons. The van der Waals surface area contributed by atoms with Gasteiger partial charge in [0.15, 0.2) is 5.75 Å². The minimum atomic E-state index is 0.652. The van der Waals surface area contributed by atoms with Crippen LogP contribution in [0.1, 0.15) is 12.8 Å². The van der Waals surface area contributed by atoms with Crippen molar-refractivity contribution in [1.29, 1.82) is 0 Å². The molecule has 1 aromatic carbocycles. The number of piperidine rings is 1. The van der Waals surface area contributed by atoms with Gasteiger partial charge in [0, 0.05) is 6.54 Å². The Morgan fingerprint density at radius 2 is 2.41 bits per heavy atom. The van der Waals surface area contributed by atoms with Gasteiger partial charge in [0.05, 0.1) is 17.8 Å². The average Bonchev–Trinajstić information content (AvgIpc) is 2.37. The Hall–Kier alpha value is -0.930. The van der Waals surface area contributed by atoms with Crippen molar-refractivity contribution in [2.45, 2.75) is 12.8 Å². The van der Waals surface area contributed by atoms with E-state index in [1.165, 1.54) is 12.8 Å². The molecule has 0 spiro atoms. The van der Waals surface area contributed by atoms with Crippen LogP contribution >= 0.6 is 11.6 Å². The second-order valence-corrected chi connectivity index (χ2v) is 4.82. The average molecular weight is 255 g/mol. The number of anilines is 1. The maximum Gasteiger partial charge on any atom is 0.160 e. The molecular formula is C13H19ClN2O. The number of nitrogens with one attached hydrogen (secondary N) is 2. The number of hydrogen-bond acceptors (Lipinski definition) is 3. The van der Waals surface area contributed by atoms with Gasteiger partial charge in [0.25, 0.3) is 0 Å². The lowest BCUT2D eigenvalue weighted by molar-refractivity contribution is 0.390. The summed E-state index contributed by atoms with van der Waals surface area (Å²) < 4.78 is 5.31. The maximum atomic E-state index is 6.07. The van der Waals surface area contributed by atoms with Crippen molar-refractivity contribution in [1.82, 2.24) is 5.32 Å². The SMILES string of the molecule is COc1c(Cl)cccc1NCC1CCCNC1. The van der Waals surface area contributed by atoms with Gasteiger partial charge in [-0.1, -0.05) is 17.7 Å².